The summed E-state index contributed by atoms with van der Waals surface area (Å²) in [6, 6.07) is 8.08. The first kappa shape index (κ1) is 10.9. The van der Waals surface area contributed by atoms with Crippen LogP contribution in [0.1, 0.15) is 30.9 Å². The van der Waals surface area contributed by atoms with E-state index in [1.807, 2.05) is 35.1 Å². The first-order valence-electron chi connectivity index (χ1n) is 5.55. The summed E-state index contributed by atoms with van der Waals surface area (Å²) in [5.74, 6) is 0.499. The van der Waals surface area contributed by atoms with Crippen molar-refractivity contribution in [1.29, 1.82) is 0 Å². The molecule has 1 aromatic carbocycles. The molecule has 1 aromatic heterocycles. The van der Waals surface area contributed by atoms with Crippen molar-refractivity contribution in [2.45, 2.75) is 26.3 Å². The van der Waals surface area contributed by atoms with Crippen molar-refractivity contribution in [2.75, 3.05) is 0 Å². The van der Waals surface area contributed by atoms with Gasteiger partial charge in [0, 0.05) is 12.7 Å². The van der Waals surface area contributed by atoms with Crippen molar-refractivity contribution in [2.24, 2.45) is 5.73 Å². The lowest BCUT2D eigenvalue weighted by Crippen LogP contribution is -2.04. The lowest BCUT2D eigenvalue weighted by Gasteiger charge is -2.07. The molecule has 2 rings (SSSR count). The van der Waals surface area contributed by atoms with Crippen LogP contribution in [0.3, 0.4) is 0 Å². The Morgan fingerprint density at radius 2 is 2.06 bits per heavy atom. The van der Waals surface area contributed by atoms with Crippen molar-refractivity contribution in [3.8, 4) is 5.69 Å². The van der Waals surface area contributed by atoms with Gasteiger partial charge in [0.25, 0.3) is 0 Å². The van der Waals surface area contributed by atoms with Crippen LogP contribution in [0.2, 0.25) is 0 Å². The Labute approximate surface area is 95.9 Å². The predicted molar refractivity (Wildman–Crippen MR) is 65.5 cm³/mol. The molecule has 3 nitrogen and oxygen atoms in total. The van der Waals surface area contributed by atoms with Crippen LogP contribution in [0.25, 0.3) is 5.69 Å². The molecule has 0 saturated carbocycles. The standard InChI is InChI=1S/C13H17N3/c1-10(2)12-8-15-16(9-12)13-6-4-3-5-11(13)7-14/h3-6,8-10H,7,14H2,1-2H3. The Balaban J connectivity index is 2.42. The highest BCUT2D eigenvalue weighted by atomic mass is 15.3. The third-order valence-corrected chi connectivity index (χ3v) is 2.73. The van der Waals surface area contributed by atoms with E-state index in [4.69, 9.17) is 5.73 Å². The summed E-state index contributed by atoms with van der Waals surface area (Å²) < 4.78 is 1.90. The maximum Gasteiger partial charge on any atom is 0.0690 e. The maximum atomic E-state index is 5.71. The van der Waals surface area contributed by atoms with Gasteiger partial charge in [0.2, 0.25) is 0 Å². The molecule has 3 heteroatoms. The molecule has 0 unspecified atom stereocenters. The van der Waals surface area contributed by atoms with E-state index in [0.29, 0.717) is 12.5 Å². The summed E-state index contributed by atoms with van der Waals surface area (Å²) in [5, 5.41) is 4.38. The van der Waals surface area contributed by atoms with Crippen LogP contribution in [-0.2, 0) is 6.54 Å². The quantitative estimate of drug-likeness (QED) is 0.854. The van der Waals surface area contributed by atoms with Crippen LogP contribution in [0, 0.1) is 0 Å². The Hall–Kier alpha value is -1.61. The molecule has 0 spiro atoms. The van der Waals surface area contributed by atoms with E-state index in [1.54, 1.807) is 0 Å². The van der Waals surface area contributed by atoms with Gasteiger partial charge >= 0.3 is 0 Å². The number of hydrogen-bond donors (Lipinski definition) is 1. The average Bonchev–Trinajstić information content (AvgIpc) is 2.78. The van der Waals surface area contributed by atoms with Crippen LogP contribution in [0.4, 0.5) is 0 Å². The van der Waals surface area contributed by atoms with E-state index in [2.05, 4.69) is 25.1 Å². The Kier molecular flexibility index (Phi) is 3.06. The van der Waals surface area contributed by atoms with Gasteiger partial charge < -0.3 is 5.73 Å². The van der Waals surface area contributed by atoms with Crippen LogP contribution in [0.5, 0.6) is 0 Å². The number of benzene rings is 1. The minimum absolute atomic E-state index is 0.499. The van der Waals surface area contributed by atoms with E-state index in [9.17, 15) is 0 Å². The second-order valence-electron chi connectivity index (χ2n) is 4.21. The van der Waals surface area contributed by atoms with Crippen molar-refractivity contribution < 1.29 is 0 Å². The van der Waals surface area contributed by atoms with Crippen LogP contribution in [0.15, 0.2) is 36.7 Å². The monoisotopic (exact) mass is 215 g/mol. The van der Waals surface area contributed by atoms with Gasteiger partial charge in [-0.15, -0.1) is 0 Å². The van der Waals surface area contributed by atoms with Gasteiger partial charge in [0.1, 0.15) is 0 Å². The minimum atomic E-state index is 0.499. The lowest BCUT2D eigenvalue weighted by molar-refractivity contribution is 0.848. The summed E-state index contributed by atoms with van der Waals surface area (Å²) in [6.07, 6.45) is 3.98. The van der Waals surface area contributed by atoms with Crippen LogP contribution in [-0.4, -0.2) is 9.78 Å². The fourth-order valence-corrected chi connectivity index (χ4v) is 1.67. The number of nitrogens with zero attached hydrogens (tertiary/aromatic N) is 2. The average molecular weight is 215 g/mol. The van der Waals surface area contributed by atoms with Crippen molar-refractivity contribution >= 4 is 0 Å². The molecular formula is C13H17N3. The van der Waals surface area contributed by atoms with E-state index in [0.717, 1.165) is 11.3 Å². The summed E-state index contributed by atoms with van der Waals surface area (Å²) in [6.45, 7) is 4.86. The summed E-state index contributed by atoms with van der Waals surface area (Å²) in [5.41, 5.74) is 9.13. The van der Waals surface area contributed by atoms with Crippen molar-refractivity contribution in [1.82, 2.24) is 9.78 Å². The van der Waals surface area contributed by atoms with Gasteiger partial charge in [0.15, 0.2) is 0 Å². The van der Waals surface area contributed by atoms with Crippen molar-refractivity contribution in [3.63, 3.8) is 0 Å². The van der Waals surface area contributed by atoms with Crippen LogP contribution < -0.4 is 5.73 Å². The molecule has 0 aliphatic carbocycles. The highest BCUT2D eigenvalue weighted by Crippen LogP contribution is 2.17. The molecule has 0 aliphatic heterocycles. The van der Waals surface area contributed by atoms with Gasteiger partial charge in [-0.3, -0.25) is 0 Å². The van der Waals surface area contributed by atoms with Gasteiger partial charge in [-0.1, -0.05) is 32.0 Å². The molecule has 0 bridgehead atoms. The van der Waals surface area contributed by atoms with E-state index >= 15 is 0 Å². The molecule has 1 heterocycles. The zero-order valence-electron chi connectivity index (χ0n) is 9.72. The Morgan fingerprint density at radius 1 is 1.31 bits per heavy atom. The molecule has 0 radical (unpaired) electrons. The van der Waals surface area contributed by atoms with Gasteiger partial charge in [-0.2, -0.15) is 5.10 Å². The molecule has 84 valence electrons. The third-order valence-electron chi connectivity index (χ3n) is 2.73. The fraction of sp³-hybridized carbons (Fsp3) is 0.308. The number of aromatic nitrogens is 2. The number of nitrogens with two attached hydrogens (primary N) is 1. The largest absolute Gasteiger partial charge is 0.326 e. The second-order valence-corrected chi connectivity index (χ2v) is 4.21. The first-order chi connectivity index (χ1) is 7.72. The molecule has 2 aromatic rings. The fourth-order valence-electron chi connectivity index (χ4n) is 1.67. The van der Waals surface area contributed by atoms with Crippen molar-refractivity contribution in [3.05, 3.63) is 47.8 Å². The van der Waals surface area contributed by atoms with Crippen LogP contribution >= 0.6 is 0 Å². The van der Waals surface area contributed by atoms with Gasteiger partial charge in [-0.05, 0) is 23.1 Å². The second kappa shape index (κ2) is 4.49. The summed E-state index contributed by atoms with van der Waals surface area (Å²) >= 11 is 0. The van der Waals surface area contributed by atoms with Gasteiger partial charge in [-0.25, -0.2) is 4.68 Å². The molecule has 0 fully saturated rings. The lowest BCUT2D eigenvalue weighted by atomic mass is 10.1. The maximum absolute atomic E-state index is 5.71. The smallest absolute Gasteiger partial charge is 0.0690 e. The van der Waals surface area contributed by atoms with E-state index < -0.39 is 0 Å². The topological polar surface area (TPSA) is 43.8 Å². The summed E-state index contributed by atoms with van der Waals surface area (Å²) in [7, 11) is 0. The number of rotatable bonds is 3. The molecular weight excluding hydrogens is 198 g/mol. The molecule has 2 N–H and O–H groups in total. The van der Waals surface area contributed by atoms with E-state index in [-0.39, 0.29) is 0 Å². The third kappa shape index (κ3) is 1.99. The Bertz CT molecular complexity index is 472. The van der Waals surface area contributed by atoms with E-state index in [1.165, 1.54) is 5.56 Å². The molecule has 0 amide bonds. The number of para-hydroxylation sites is 1. The molecule has 0 aliphatic rings. The zero-order chi connectivity index (χ0) is 11.5. The highest BCUT2D eigenvalue weighted by Gasteiger charge is 2.06. The predicted octanol–water partition coefficient (Wildman–Crippen LogP) is 2.45. The normalized spacial score (nSPS) is 11.0. The SMILES string of the molecule is CC(C)c1cnn(-c2ccccc2CN)c1. The van der Waals surface area contributed by atoms with Gasteiger partial charge in [0.05, 0.1) is 11.9 Å². The molecule has 16 heavy (non-hydrogen) atoms. The first-order valence-corrected chi connectivity index (χ1v) is 5.55. The Morgan fingerprint density at radius 3 is 2.69 bits per heavy atom. The number of hydrogen-bond acceptors (Lipinski definition) is 2. The minimum Gasteiger partial charge on any atom is -0.326 e. The molecule has 0 atom stereocenters. The highest BCUT2D eigenvalue weighted by molar-refractivity contribution is 5.40. The summed E-state index contributed by atoms with van der Waals surface area (Å²) in [4.78, 5) is 0. The zero-order valence-corrected chi connectivity index (χ0v) is 9.72. The molecule has 0 saturated heterocycles.